The molecular formula is C35H29BrN4. The van der Waals surface area contributed by atoms with Gasteiger partial charge in [0.1, 0.15) is 0 Å². The van der Waals surface area contributed by atoms with Crippen molar-refractivity contribution in [2.24, 2.45) is 0 Å². The van der Waals surface area contributed by atoms with Gasteiger partial charge in [0.15, 0.2) is 0 Å². The lowest BCUT2D eigenvalue weighted by atomic mass is 9.85. The number of aromatic amines is 2. The molecule has 40 heavy (non-hydrogen) atoms. The molecule has 5 heteroatoms. The van der Waals surface area contributed by atoms with Gasteiger partial charge >= 0.3 is 0 Å². The first-order chi connectivity index (χ1) is 19.3. The van der Waals surface area contributed by atoms with Crippen molar-refractivity contribution >= 4 is 48.6 Å². The van der Waals surface area contributed by atoms with Crippen LogP contribution in [0.1, 0.15) is 42.2 Å². The Labute approximate surface area is 242 Å². The van der Waals surface area contributed by atoms with Crippen molar-refractivity contribution in [1.29, 1.82) is 0 Å². The van der Waals surface area contributed by atoms with Crippen LogP contribution >= 0.6 is 15.9 Å². The maximum atomic E-state index is 5.27. The van der Waals surface area contributed by atoms with E-state index in [1.807, 2.05) is 0 Å². The molecule has 196 valence electrons. The number of aromatic nitrogens is 4. The molecule has 0 saturated heterocycles. The molecule has 4 nitrogen and oxygen atoms in total. The number of H-pyrrole nitrogens is 2. The highest BCUT2D eigenvalue weighted by Crippen LogP contribution is 2.38. The average molecular weight is 586 g/mol. The van der Waals surface area contributed by atoms with E-state index in [2.05, 4.69) is 144 Å². The third-order valence-corrected chi connectivity index (χ3v) is 8.43. The molecule has 0 radical (unpaired) electrons. The second kappa shape index (κ2) is 9.46. The third-order valence-electron chi connectivity index (χ3n) is 7.79. The van der Waals surface area contributed by atoms with Gasteiger partial charge in [-0.2, -0.15) is 0 Å². The summed E-state index contributed by atoms with van der Waals surface area (Å²) in [6.45, 7) is 6.67. The molecule has 2 aliphatic rings. The Morgan fingerprint density at radius 3 is 2.10 bits per heavy atom. The van der Waals surface area contributed by atoms with Crippen LogP contribution in [-0.4, -0.2) is 19.9 Å². The van der Waals surface area contributed by atoms with Crippen LogP contribution in [-0.2, 0) is 11.8 Å². The largest absolute Gasteiger partial charge is 0.355 e. The van der Waals surface area contributed by atoms with E-state index >= 15 is 0 Å². The van der Waals surface area contributed by atoms with Gasteiger partial charge in [0, 0.05) is 55.2 Å². The summed E-state index contributed by atoms with van der Waals surface area (Å²) < 4.78 is 0.957. The van der Waals surface area contributed by atoms with E-state index < -0.39 is 0 Å². The predicted molar refractivity (Wildman–Crippen MR) is 170 cm³/mol. The molecule has 2 N–H and O–H groups in total. The Balaban J connectivity index is 1.61. The van der Waals surface area contributed by atoms with Crippen molar-refractivity contribution in [2.45, 2.75) is 32.6 Å². The fraction of sp³-hybridized carbons (Fsp3) is 0.143. The van der Waals surface area contributed by atoms with Gasteiger partial charge in [0.2, 0.25) is 0 Å². The Bertz CT molecular complexity index is 1960. The highest BCUT2D eigenvalue weighted by Gasteiger charge is 2.30. The van der Waals surface area contributed by atoms with Gasteiger partial charge in [-0.1, -0.05) is 74.0 Å². The van der Waals surface area contributed by atoms with E-state index in [0.29, 0.717) is 0 Å². The fourth-order valence-corrected chi connectivity index (χ4v) is 6.10. The number of halogens is 1. The van der Waals surface area contributed by atoms with Crippen molar-refractivity contribution in [2.75, 3.05) is 0 Å². The lowest BCUT2D eigenvalue weighted by Gasteiger charge is -2.16. The standard InChI is InChI=1S/C35H29BrN4/c1-21-9-11-23(12-10-21)33-27-16-14-25(38-27)18-32-35(2,3)20-31(40-32)34(22-7-5-4-6-8-22)28-15-13-24(37-28)17-29-26(36)19-30(33)39-29/h4-19,37-38H,20H2,1-3H3. The van der Waals surface area contributed by atoms with Gasteiger partial charge in [0.05, 0.1) is 17.1 Å². The summed E-state index contributed by atoms with van der Waals surface area (Å²) in [5.74, 6) is 0. The molecule has 0 aliphatic carbocycles. The summed E-state index contributed by atoms with van der Waals surface area (Å²) >= 11 is 3.79. The molecule has 2 aromatic carbocycles. The molecule has 5 heterocycles. The van der Waals surface area contributed by atoms with Crippen molar-refractivity contribution in [3.05, 3.63) is 119 Å². The van der Waals surface area contributed by atoms with Gasteiger partial charge in [-0.3, -0.25) is 4.98 Å². The van der Waals surface area contributed by atoms with E-state index in [1.165, 1.54) is 5.56 Å². The normalized spacial score (nSPS) is 14.2. The zero-order valence-electron chi connectivity index (χ0n) is 22.7. The maximum Gasteiger partial charge on any atom is 0.0800 e. The van der Waals surface area contributed by atoms with Crippen molar-refractivity contribution in [1.82, 2.24) is 19.9 Å². The van der Waals surface area contributed by atoms with Crippen LogP contribution in [0.5, 0.6) is 0 Å². The van der Waals surface area contributed by atoms with Crippen LogP contribution in [0.25, 0.3) is 54.9 Å². The van der Waals surface area contributed by atoms with Crippen molar-refractivity contribution in [3.8, 4) is 22.3 Å². The SMILES string of the molecule is Cc1ccc(-c2c3nc(cc4ccc([nH]4)c(-c4ccccc4)c4nc(cc5ccc2[nH]5)C(C)(C)C4)C(Br)=C3)cc1. The minimum absolute atomic E-state index is 0.105. The Hall–Kier alpha value is -4.22. The first-order valence-corrected chi connectivity index (χ1v) is 14.4. The van der Waals surface area contributed by atoms with E-state index in [4.69, 9.17) is 9.97 Å². The summed E-state index contributed by atoms with van der Waals surface area (Å²) in [6.07, 6.45) is 2.97. The molecule has 0 spiro atoms. The Morgan fingerprint density at radius 1 is 0.725 bits per heavy atom. The number of hydrogen-bond acceptors (Lipinski definition) is 2. The molecule has 0 atom stereocenters. The molecule has 0 saturated carbocycles. The van der Waals surface area contributed by atoms with E-state index in [-0.39, 0.29) is 5.41 Å². The molecule has 7 rings (SSSR count). The second-order valence-electron chi connectivity index (χ2n) is 11.3. The molecule has 8 bridgehead atoms. The van der Waals surface area contributed by atoms with E-state index in [1.54, 1.807) is 0 Å². The number of nitrogens with zero attached hydrogens (tertiary/aromatic N) is 2. The topological polar surface area (TPSA) is 57.4 Å². The highest BCUT2D eigenvalue weighted by molar-refractivity contribution is 9.15. The summed E-state index contributed by atoms with van der Waals surface area (Å²) in [6, 6.07) is 32.1. The van der Waals surface area contributed by atoms with Crippen LogP contribution < -0.4 is 0 Å². The molecule has 0 fully saturated rings. The van der Waals surface area contributed by atoms with Crippen LogP contribution in [0.4, 0.5) is 0 Å². The quantitative estimate of drug-likeness (QED) is 0.217. The van der Waals surface area contributed by atoms with Crippen LogP contribution in [0.3, 0.4) is 0 Å². The smallest absolute Gasteiger partial charge is 0.0800 e. The molecule has 0 amide bonds. The predicted octanol–water partition coefficient (Wildman–Crippen LogP) is 9.37. The summed E-state index contributed by atoms with van der Waals surface area (Å²) in [4.78, 5) is 17.7. The van der Waals surface area contributed by atoms with Gasteiger partial charge < -0.3 is 9.97 Å². The number of benzene rings is 2. The Morgan fingerprint density at radius 2 is 1.38 bits per heavy atom. The summed E-state index contributed by atoms with van der Waals surface area (Å²) in [7, 11) is 0. The van der Waals surface area contributed by atoms with E-state index in [9.17, 15) is 0 Å². The summed E-state index contributed by atoms with van der Waals surface area (Å²) in [5, 5.41) is 0. The first kappa shape index (κ1) is 24.8. The number of aryl methyl sites for hydroxylation is 1. The minimum atomic E-state index is -0.105. The lowest BCUT2D eigenvalue weighted by molar-refractivity contribution is 0.544. The van der Waals surface area contributed by atoms with Gasteiger partial charge in [-0.25, -0.2) is 4.98 Å². The third kappa shape index (κ3) is 4.40. The van der Waals surface area contributed by atoms with Crippen molar-refractivity contribution < 1.29 is 0 Å². The summed E-state index contributed by atoms with van der Waals surface area (Å²) in [5.41, 5.74) is 13.7. The van der Waals surface area contributed by atoms with Crippen LogP contribution in [0.15, 0.2) is 91.0 Å². The van der Waals surface area contributed by atoms with Gasteiger partial charge in [0.25, 0.3) is 0 Å². The molecule has 2 aliphatic heterocycles. The van der Waals surface area contributed by atoms with Gasteiger partial charge in [-0.05, 0) is 76.5 Å². The van der Waals surface area contributed by atoms with Crippen molar-refractivity contribution in [3.63, 3.8) is 0 Å². The number of nitrogens with one attached hydrogen (secondary N) is 2. The highest BCUT2D eigenvalue weighted by atomic mass is 79.9. The zero-order chi connectivity index (χ0) is 27.4. The monoisotopic (exact) mass is 584 g/mol. The molecule has 0 unspecified atom stereocenters. The average Bonchev–Trinajstić information content (AvgIpc) is 3.71. The van der Waals surface area contributed by atoms with Crippen LogP contribution in [0.2, 0.25) is 0 Å². The second-order valence-corrected chi connectivity index (χ2v) is 12.2. The first-order valence-electron chi connectivity index (χ1n) is 13.6. The molecule has 5 aromatic rings. The molecular weight excluding hydrogens is 556 g/mol. The van der Waals surface area contributed by atoms with Gasteiger partial charge in [-0.15, -0.1) is 0 Å². The minimum Gasteiger partial charge on any atom is -0.355 e. The molecule has 3 aromatic heterocycles. The van der Waals surface area contributed by atoms with Crippen LogP contribution in [0, 0.1) is 6.92 Å². The fourth-order valence-electron chi connectivity index (χ4n) is 5.68. The number of fused-ring (bicyclic) bond motifs is 8. The number of hydrogen-bond donors (Lipinski definition) is 2. The zero-order valence-corrected chi connectivity index (χ0v) is 24.3. The van der Waals surface area contributed by atoms with E-state index in [0.717, 1.165) is 78.0 Å². The number of rotatable bonds is 2. The Kier molecular flexibility index (Phi) is 5.86. The maximum absolute atomic E-state index is 5.27. The lowest BCUT2D eigenvalue weighted by Crippen LogP contribution is -2.15.